The Morgan fingerprint density at radius 3 is 2.90 bits per heavy atom. The van der Waals surface area contributed by atoms with E-state index in [4.69, 9.17) is 0 Å². The number of aryl methyl sites for hydroxylation is 2. The molecule has 4 rings (SSSR count). The van der Waals surface area contributed by atoms with E-state index in [1.807, 2.05) is 13.8 Å². The number of aromatic nitrogens is 3. The van der Waals surface area contributed by atoms with Crippen molar-refractivity contribution in [2.45, 2.75) is 31.8 Å². The average Bonchev–Trinajstić information content (AvgIpc) is 3.30. The Morgan fingerprint density at radius 1 is 1.32 bits per heavy atom. The van der Waals surface area contributed by atoms with Crippen molar-refractivity contribution >= 4 is 55.7 Å². The predicted octanol–water partition coefficient (Wildman–Crippen LogP) is 5.12. The molecule has 3 heterocycles. The van der Waals surface area contributed by atoms with Crippen LogP contribution in [-0.2, 0) is 10.5 Å². The van der Waals surface area contributed by atoms with Crippen molar-refractivity contribution < 1.29 is 9.18 Å². The summed E-state index contributed by atoms with van der Waals surface area (Å²) in [6, 6.07) is 6.16. The normalized spacial score (nSPS) is 12.3. The quantitative estimate of drug-likeness (QED) is 0.405. The Kier molecular flexibility index (Phi) is 6.22. The van der Waals surface area contributed by atoms with E-state index in [0.717, 1.165) is 15.3 Å². The summed E-state index contributed by atoms with van der Waals surface area (Å²) in [5.41, 5.74) is 2.08. The fraction of sp³-hybridized carbons (Fsp3) is 0.238. The molecule has 1 aromatic carbocycles. The number of fused-ring (bicyclic) bond motifs is 1. The number of nitrogens with one attached hydrogen (secondary N) is 2. The summed E-state index contributed by atoms with van der Waals surface area (Å²) in [6.07, 6.45) is 0. The van der Waals surface area contributed by atoms with Crippen LogP contribution in [0, 0.1) is 19.7 Å². The number of thiazole rings is 1. The highest BCUT2D eigenvalue weighted by Crippen LogP contribution is 2.28. The van der Waals surface area contributed by atoms with Crippen LogP contribution in [0.5, 0.6) is 0 Å². The number of carbonyl (C=O) groups excluding carboxylic acids is 1. The molecule has 1 atom stereocenters. The molecule has 0 saturated carbocycles. The molecule has 0 spiro atoms. The molecule has 0 aliphatic heterocycles. The van der Waals surface area contributed by atoms with Gasteiger partial charge in [0.25, 0.3) is 5.56 Å². The third-order valence-electron chi connectivity index (χ3n) is 4.78. The Hall–Kier alpha value is -2.56. The van der Waals surface area contributed by atoms with E-state index in [9.17, 15) is 14.0 Å². The Morgan fingerprint density at radius 2 is 2.13 bits per heavy atom. The number of halogens is 1. The zero-order chi connectivity index (χ0) is 22.1. The van der Waals surface area contributed by atoms with E-state index < -0.39 is 0 Å². The number of amides is 1. The third kappa shape index (κ3) is 4.70. The molecular formula is C21H19FN4O2S3. The largest absolute Gasteiger partial charge is 0.309 e. The van der Waals surface area contributed by atoms with Gasteiger partial charge in [0.05, 0.1) is 22.1 Å². The van der Waals surface area contributed by atoms with E-state index >= 15 is 0 Å². The molecule has 0 radical (unpaired) electrons. The van der Waals surface area contributed by atoms with Gasteiger partial charge in [-0.1, -0.05) is 12.1 Å². The van der Waals surface area contributed by atoms with Gasteiger partial charge in [0.1, 0.15) is 16.5 Å². The van der Waals surface area contributed by atoms with Gasteiger partial charge in [-0.25, -0.2) is 14.4 Å². The van der Waals surface area contributed by atoms with Crippen molar-refractivity contribution in [2.24, 2.45) is 0 Å². The molecule has 0 bridgehead atoms. The number of benzene rings is 1. The maximum atomic E-state index is 13.4. The first-order chi connectivity index (χ1) is 14.8. The van der Waals surface area contributed by atoms with Crippen molar-refractivity contribution in [1.29, 1.82) is 0 Å². The number of thiophene rings is 1. The van der Waals surface area contributed by atoms with Crippen LogP contribution in [0.15, 0.2) is 34.4 Å². The molecular weight excluding hydrogens is 455 g/mol. The van der Waals surface area contributed by atoms with Crippen LogP contribution in [0.3, 0.4) is 0 Å². The van der Waals surface area contributed by atoms with Gasteiger partial charge in [-0.15, -0.1) is 34.4 Å². The number of hydrogen-bond donors (Lipinski definition) is 2. The highest BCUT2D eigenvalue weighted by molar-refractivity contribution is 7.99. The second-order valence-electron chi connectivity index (χ2n) is 6.97. The first kappa shape index (κ1) is 21.7. The van der Waals surface area contributed by atoms with Crippen molar-refractivity contribution in [1.82, 2.24) is 15.0 Å². The average molecular weight is 475 g/mol. The zero-order valence-electron chi connectivity index (χ0n) is 17.0. The van der Waals surface area contributed by atoms with E-state index in [-0.39, 0.29) is 22.5 Å². The number of thioether (sulfide) groups is 1. The standard InChI is InChI=1S/C21H19FN4O2S3/c1-10-11(2)31-20-17(10)19(28)24-16(25-20)9-29-12(3)18(27)26-21-23-15(8-30-21)13-5-4-6-14(22)7-13/h4-8,12H,9H2,1-3H3,(H,23,26,27)(H,24,25,28). The predicted molar refractivity (Wildman–Crippen MR) is 127 cm³/mol. The van der Waals surface area contributed by atoms with Gasteiger partial charge in [-0.05, 0) is 38.5 Å². The van der Waals surface area contributed by atoms with Crippen LogP contribution < -0.4 is 10.9 Å². The molecule has 4 aromatic rings. The van der Waals surface area contributed by atoms with E-state index in [1.54, 1.807) is 24.4 Å². The molecule has 1 unspecified atom stereocenters. The summed E-state index contributed by atoms with van der Waals surface area (Å²) in [5, 5.41) is 5.28. The van der Waals surface area contributed by atoms with Crippen LogP contribution in [0.25, 0.3) is 21.5 Å². The molecule has 2 N–H and O–H groups in total. The smallest absolute Gasteiger partial charge is 0.259 e. The topological polar surface area (TPSA) is 87.7 Å². The zero-order valence-corrected chi connectivity index (χ0v) is 19.4. The lowest BCUT2D eigenvalue weighted by Gasteiger charge is -2.10. The minimum atomic E-state index is -0.380. The number of aromatic amines is 1. The Labute approximate surface area is 190 Å². The van der Waals surface area contributed by atoms with Crippen molar-refractivity contribution in [2.75, 3.05) is 5.32 Å². The van der Waals surface area contributed by atoms with Gasteiger partial charge in [-0.3, -0.25) is 9.59 Å². The number of H-pyrrole nitrogens is 1. The first-order valence-electron chi connectivity index (χ1n) is 9.44. The van der Waals surface area contributed by atoms with Gasteiger partial charge in [0.15, 0.2) is 5.13 Å². The van der Waals surface area contributed by atoms with E-state index in [2.05, 4.69) is 20.3 Å². The van der Waals surface area contributed by atoms with Gasteiger partial charge >= 0.3 is 0 Å². The molecule has 10 heteroatoms. The highest BCUT2D eigenvalue weighted by Gasteiger charge is 2.17. The van der Waals surface area contributed by atoms with Gasteiger partial charge in [0.2, 0.25) is 5.91 Å². The monoisotopic (exact) mass is 474 g/mol. The first-order valence-corrected chi connectivity index (χ1v) is 12.2. The maximum Gasteiger partial charge on any atom is 0.259 e. The van der Waals surface area contributed by atoms with Crippen molar-refractivity contribution in [3.8, 4) is 11.3 Å². The second kappa shape index (κ2) is 8.89. The van der Waals surface area contributed by atoms with Crippen LogP contribution >= 0.6 is 34.4 Å². The number of hydrogen-bond acceptors (Lipinski definition) is 7. The summed E-state index contributed by atoms with van der Waals surface area (Å²) in [5.74, 6) is 0.420. The molecule has 0 aliphatic carbocycles. The molecule has 31 heavy (non-hydrogen) atoms. The maximum absolute atomic E-state index is 13.4. The summed E-state index contributed by atoms with van der Waals surface area (Å²) in [7, 11) is 0. The SMILES string of the molecule is Cc1sc2nc(CSC(C)C(=O)Nc3nc(-c4cccc(F)c4)cs3)[nH]c(=O)c2c1C. The van der Waals surface area contributed by atoms with Crippen molar-refractivity contribution in [3.05, 3.63) is 62.1 Å². The van der Waals surface area contributed by atoms with E-state index in [1.165, 1.54) is 46.6 Å². The van der Waals surface area contributed by atoms with Crippen LogP contribution in [0.1, 0.15) is 23.2 Å². The number of nitrogens with zero attached hydrogens (tertiary/aromatic N) is 2. The van der Waals surface area contributed by atoms with Gasteiger partial charge in [0, 0.05) is 15.8 Å². The summed E-state index contributed by atoms with van der Waals surface area (Å²) in [4.78, 5) is 38.5. The molecule has 0 fully saturated rings. The number of anilines is 1. The van der Waals surface area contributed by atoms with Gasteiger partial charge < -0.3 is 10.3 Å². The highest BCUT2D eigenvalue weighted by atomic mass is 32.2. The molecule has 0 aliphatic rings. The number of rotatable bonds is 6. The Bertz CT molecular complexity index is 1330. The minimum absolute atomic E-state index is 0.146. The lowest BCUT2D eigenvalue weighted by atomic mass is 10.2. The lowest BCUT2D eigenvalue weighted by Crippen LogP contribution is -2.23. The van der Waals surface area contributed by atoms with Crippen LogP contribution in [0.4, 0.5) is 9.52 Å². The molecule has 1 amide bonds. The van der Waals surface area contributed by atoms with Crippen LogP contribution in [-0.4, -0.2) is 26.1 Å². The summed E-state index contributed by atoms with van der Waals surface area (Å²) >= 11 is 4.16. The summed E-state index contributed by atoms with van der Waals surface area (Å²) in [6.45, 7) is 5.68. The van der Waals surface area contributed by atoms with E-state index in [0.29, 0.717) is 33.4 Å². The second-order valence-corrected chi connectivity index (χ2v) is 10.4. The molecule has 160 valence electrons. The Balaban J connectivity index is 1.39. The fourth-order valence-corrected chi connectivity index (χ4v) is 5.49. The van der Waals surface area contributed by atoms with Crippen molar-refractivity contribution in [3.63, 3.8) is 0 Å². The summed E-state index contributed by atoms with van der Waals surface area (Å²) < 4.78 is 13.4. The van der Waals surface area contributed by atoms with Crippen LogP contribution in [0.2, 0.25) is 0 Å². The molecule has 0 saturated heterocycles. The fourth-order valence-electron chi connectivity index (χ4n) is 2.97. The molecule has 3 aromatic heterocycles. The number of carbonyl (C=O) groups is 1. The third-order valence-corrected chi connectivity index (χ3v) is 7.80. The molecule has 6 nitrogen and oxygen atoms in total. The minimum Gasteiger partial charge on any atom is -0.309 e. The lowest BCUT2D eigenvalue weighted by molar-refractivity contribution is -0.115. The van der Waals surface area contributed by atoms with Gasteiger partial charge in [-0.2, -0.15) is 0 Å².